The number of nitrogens with one attached hydrogen (secondary N) is 1. The summed E-state index contributed by atoms with van der Waals surface area (Å²) >= 11 is 0. The zero-order valence-electron chi connectivity index (χ0n) is 13.0. The molecule has 0 radical (unpaired) electrons. The highest BCUT2D eigenvalue weighted by Gasteiger charge is 2.23. The van der Waals surface area contributed by atoms with Crippen LogP contribution in [0.15, 0.2) is 17.0 Å². The van der Waals surface area contributed by atoms with Crippen molar-refractivity contribution in [2.75, 3.05) is 12.3 Å². The van der Waals surface area contributed by atoms with E-state index in [2.05, 4.69) is 4.72 Å². The molecule has 0 bridgehead atoms. The zero-order valence-corrected chi connectivity index (χ0v) is 13.8. The quantitative estimate of drug-likeness (QED) is 0.794. The van der Waals surface area contributed by atoms with E-state index in [1.54, 1.807) is 6.07 Å². The molecule has 0 amide bonds. The van der Waals surface area contributed by atoms with Crippen LogP contribution in [0.2, 0.25) is 0 Å². The largest absolute Gasteiger partial charge is 0.398 e. The normalized spacial score (nSPS) is 16.5. The Morgan fingerprint density at radius 1 is 1.19 bits per heavy atom. The minimum atomic E-state index is -3.48. The molecule has 3 N–H and O–H groups in total. The van der Waals surface area contributed by atoms with E-state index < -0.39 is 10.0 Å². The van der Waals surface area contributed by atoms with Crippen LogP contribution < -0.4 is 10.5 Å². The van der Waals surface area contributed by atoms with E-state index >= 15 is 0 Å². The van der Waals surface area contributed by atoms with Gasteiger partial charge in [-0.2, -0.15) is 0 Å². The molecule has 118 valence electrons. The maximum atomic E-state index is 12.6. The number of hydrogen-bond acceptors (Lipinski definition) is 3. The van der Waals surface area contributed by atoms with Crippen LogP contribution in [0.1, 0.15) is 50.7 Å². The first kappa shape index (κ1) is 16.3. The number of hydrogen-bond donors (Lipinski definition) is 2. The molecule has 4 nitrogen and oxygen atoms in total. The number of benzene rings is 1. The predicted octanol–water partition coefficient (Wildman–Crippen LogP) is 2.86. The highest BCUT2D eigenvalue weighted by atomic mass is 32.2. The van der Waals surface area contributed by atoms with E-state index in [0.717, 1.165) is 30.4 Å². The van der Waals surface area contributed by atoms with Crippen molar-refractivity contribution < 1.29 is 8.42 Å². The molecule has 1 aliphatic carbocycles. The maximum absolute atomic E-state index is 12.6. The lowest BCUT2D eigenvalue weighted by Gasteiger charge is -2.16. The lowest BCUT2D eigenvalue weighted by Crippen LogP contribution is -2.29. The van der Waals surface area contributed by atoms with Crippen molar-refractivity contribution in [2.45, 2.75) is 57.3 Å². The molecule has 0 heterocycles. The Balaban J connectivity index is 2.27. The highest BCUT2D eigenvalue weighted by Crippen LogP contribution is 2.27. The van der Waals surface area contributed by atoms with Crippen molar-refractivity contribution in [3.05, 3.63) is 23.3 Å². The summed E-state index contributed by atoms with van der Waals surface area (Å²) in [5.74, 6) is 0.483. The molecule has 1 aromatic carbocycles. The fraction of sp³-hybridized carbons (Fsp3) is 0.625. The summed E-state index contributed by atoms with van der Waals surface area (Å²) < 4.78 is 28.0. The Morgan fingerprint density at radius 3 is 2.43 bits per heavy atom. The van der Waals surface area contributed by atoms with Gasteiger partial charge in [0.1, 0.15) is 0 Å². The molecule has 2 rings (SSSR count). The predicted molar refractivity (Wildman–Crippen MR) is 86.8 cm³/mol. The molecule has 0 spiro atoms. The third-order valence-corrected chi connectivity index (χ3v) is 5.88. The molecule has 1 fully saturated rings. The first-order chi connectivity index (χ1) is 9.97. The highest BCUT2D eigenvalue weighted by molar-refractivity contribution is 7.89. The van der Waals surface area contributed by atoms with Crippen LogP contribution in [0.4, 0.5) is 5.69 Å². The number of nitrogen functional groups attached to an aromatic ring is 1. The molecular weight excluding hydrogens is 284 g/mol. The van der Waals surface area contributed by atoms with Gasteiger partial charge in [-0.15, -0.1) is 0 Å². The lowest BCUT2D eigenvalue weighted by atomic mass is 10.1. The second-order valence-electron chi connectivity index (χ2n) is 5.87. The Hall–Kier alpha value is -1.07. The number of rotatable bonds is 6. The smallest absolute Gasteiger partial charge is 0.240 e. The van der Waals surface area contributed by atoms with Crippen LogP contribution in [0.25, 0.3) is 0 Å². The molecular formula is C16H26N2O2S. The van der Waals surface area contributed by atoms with E-state index in [9.17, 15) is 8.42 Å². The van der Waals surface area contributed by atoms with Crippen LogP contribution in [0.3, 0.4) is 0 Å². The SMILES string of the molecule is CCc1cc(N)c(CC)c(S(=O)(=O)NCC2CCCC2)c1. The van der Waals surface area contributed by atoms with E-state index in [-0.39, 0.29) is 0 Å². The number of aryl methyl sites for hydroxylation is 1. The van der Waals surface area contributed by atoms with Crippen molar-refractivity contribution in [3.8, 4) is 0 Å². The monoisotopic (exact) mass is 310 g/mol. The van der Waals surface area contributed by atoms with Crippen LogP contribution in [-0.2, 0) is 22.9 Å². The minimum absolute atomic E-state index is 0.361. The van der Waals surface area contributed by atoms with Crippen LogP contribution in [-0.4, -0.2) is 15.0 Å². The van der Waals surface area contributed by atoms with E-state index in [1.165, 1.54) is 12.8 Å². The summed E-state index contributed by atoms with van der Waals surface area (Å²) in [7, 11) is -3.48. The second kappa shape index (κ2) is 6.79. The van der Waals surface area contributed by atoms with Crippen molar-refractivity contribution >= 4 is 15.7 Å². The third kappa shape index (κ3) is 3.77. The summed E-state index contributed by atoms with van der Waals surface area (Å²) in [5, 5.41) is 0. The average molecular weight is 310 g/mol. The minimum Gasteiger partial charge on any atom is -0.398 e. The number of sulfonamides is 1. The summed E-state index contributed by atoms with van der Waals surface area (Å²) in [4.78, 5) is 0.361. The molecule has 1 aliphatic rings. The van der Waals surface area contributed by atoms with Crippen LogP contribution >= 0.6 is 0 Å². The average Bonchev–Trinajstić information content (AvgIpc) is 2.97. The molecule has 21 heavy (non-hydrogen) atoms. The summed E-state index contributed by atoms with van der Waals surface area (Å²) in [6, 6.07) is 3.65. The van der Waals surface area contributed by atoms with E-state index in [4.69, 9.17) is 5.73 Å². The zero-order chi connectivity index (χ0) is 15.5. The Bertz CT molecular complexity index is 591. The van der Waals surface area contributed by atoms with Crippen LogP contribution in [0.5, 0.6) is 0 Å². The van der Waals surface area contributed by atoms with Gasteiger partial charge in [0.05, 0.1) is 4.90 Å². The van der Waals surface area contributed by atoms with Gasteiger partial charge < -0.3 is 5.73 Å². The molecule has 5 heteroatoms. The van der Waals surface area contributed by atoms with Gasteiger partial charge in [0.2, 0.25) is 10.0 Å². The maximum Gasteiger partial charge on any atom is 0.240 e. The third-order valence-electron chi connectivity index (χ3n) is 4.39. The molecule has 0 aromatic heterocycles. The van der Waals surface area contributed by atoms with Gasteiger partial charge in [0.25, 0.3) is 0 Å². The molecule has 1 saturated carbocycles. The van der Waals surface area contributed by atoms with E-state index in [0.29, 0.717) is 29.5 Å². The Kier molecular flexibility index (Phi) is 5.27. The first-order valence-corrected chi connectivity index (χ1v) is 9.37. The standard InChI is InChI=1S/C16H26N2O2S/c1-3-12-9-15(17)14(4-2)16(10-12)21(19,20)18-11-13-7-5-6-8-13/h9-10,13,18H,3-8,11,17H2,1-2H3. The molecule has 0 unspecified atom stereocenters. The van der Waals surface area contributed by atoms with Gasteiger partial charge in [-0.25, -0.2) is 13.1 Å². The van der Waals surface area contributed by atoms with Crippen molar-refractivity contribution in [3.63, 3.8) is 0 Å². The van der Waals surface area contributed by atoms with Gasteiger partial charge >= 0.3 is 0 Å². The fourth-order valence-electron chi connectivity index (χ4n) is 3.07. The molecule has 0 saturated heterocycles. The Morgan fingerprint density at radius 2 is 1.86 bits per heavy atom. The topological polar surface area (TPSA) is 72.2 Å². The van der Waals surface area contributed by atoms with Crippen molar-refractivity contribution in [1.29, 1.82) is 0 Å². The summed E-state index contributed by atoms with van der Waals surface area (Å²) in [5.41, 5.74) is 8.30. The fourth-order valence-corrected chi connectivity index (χ4v) is 4.57. The van der Waals surface area contributed by atoms with Gasteiger partial charge in [0, 0.05) is 12.2 Å². The first-order valence-electron chi connectivity index (χ1n) is 7.88. The molecule has 0 atom stereocenters. The van der Waals surface area contributed by atoms with Gasteiger partial charge in [-0.1, -0.05) is 26.7 Å². The van der Waals surface area contributed by atoms with Gasteiger partial charge in [-0.05, 0) is 54.9 Å². The van der Waals surface area contributed by atoms with Crippen LogP contribution in [0, 0.1) is 5.92 Å². The summed E-state index contributed by atoms with van der Waals surface area (Å²) in [6.45, 7) is 4.48. The van der Waals surface area contributed by atoms with Crippen molar-refractivity contribution in [1.82, 2.24) is 4.72 Å². The number of nitrogens with two attached hydrogens (primary N) is 1. The van der Waals surface area contributed by atoms with E-state index in [1.807, 2.05) is 19.9 Å². The van der Waals surface area contributed by atoms with Gasteiger partial charge in [-0.3, -0.25) is 0 Å². The summed E-state index contributed by atoms with van der Waals surface area (Å²) in [6.07, 6.45) is 6.07. The Labute approximate surface area is 128 Å². The lowest BCUT2D eigenvalue weighted by molar-refractivity contribution is 0.519. The number of anilines is 1. The molecule has 1 aromatic rings. The molecule has 0 aliphatic heterocycles. The van der Waals surface area contributed by atoms with Gasteiger partial charge in [0.15, 0.2) is 0 Å². The second-order valence-corrected chi connectivity index (χ2v) is 7.61. The van der Waals surface area contributed by atoms with Crippen molar-refractivity contribution in [2.24, 2.45) is 5.92 Å².